The van der Waals surface area contributed by atoms with Gasteiger partial charge < -0.3 is 19.9 Å². The summed E-state index contributed by atoms with van der Waals surface area (Å²) in [7, 11) is 2.04. The van der Waals surface area contributed by atoms with Crippen molar-refractivity contribution in [2.75, 3.05) is 38.5 Å². The average molecular weight is 381 g/mol. The molecule has 0 atom stereocenters. The second kappa shape index (κ2) is 8.67. The Hall–Kier alpha value is -3.19. The molecule has 2 aromatic rings. The number of likely N-dealkylation sites (N-methyl/N-ethyl adjacent to an activating group) is 1. The molecule has 2 amide bonds. The van der Waals surface area contributed by atoms with Gasteiger partial charge in [0, 0.05) is 49.9 Å². The molecule has 0 unspecified atom stereocenters. The molecule has 0 aliphatic carbocycles. The van der Waals surface area contributed by atoms with Crippen LogP contribution in [-0.4, -0.2) is 60.8 Å². The SMILES string of the molecule is CC(=O)Oc1cccc(C(=O)Nc2ccc(C(=O)N3CCN(C)CC3)cc2)c1. The highest BCUT2D eigenvalue weighted by atomic mass is 16.5. The van der Waals surface area contributed by atoms with E-state index in [4.69, 9.17) is 4.74 Å². The molecular weight excluding hydrogens is 358 g/mol. The third-order valence-corrected chi connectivity index (χ3v) is 4.54. The number of nitrogens with zero attached hydrogens (tertiary/aromatic N) is 2. The summed E-state index contributed by atoms with van der Waals surface area (Å²) in [6.45, 7) is 4.47. The van der Waals surface area contributed by atoms with Crippen molar-refractivity contribution in [2.24, 2.45) is 0 Å². The largest absolute Gasteiger partial charge is 0.427 e. The fourth-order valence-corrected chi connectivity index (χ4v) is 2.96. The van der Waals surface area contributed by atoms with E-state index in [1.807, 2.05) is 11.9 Å². The highest BCUT2D eigenvalue weighted by molar-refractivity contribution is 6.05. The van der Waals surface area contributed by atoms with E-state index in [2.05, 4.69) is 10.2 Å². The van der Waals surface area contributed by atoms with Crippen LogP contribution in [0.4, 0.5) is 5.69 Å². The van der Waals surface area contributed by atoms with Crippen molar-refractivity contribution in [1.29, 1.82) is 0 Å². The van der Waals surface area contributed by atoms with Crippen molar-refractivity contribution in [3.05, 3.63) is 59.7 Å². The first-order valence-electron chi connectivity index (χ1n) is 9.10. The number of rotatable bonds is 4. The molecule has 1 fully saturated rings. The highest BCUT2D eigenvalue weighted by Gasteiger charge is 2.20. The highest BCUT2D eigenvalue weighted by Crippen LogP contribution is 2.17. The van der Waals surface area contributed by atoms with E-state index in [1.54, 1.807) is 42.5 Å². The maximum absolute atomic E-state index is 12.6. The maximum atomic E-state index is 12.6. The second-order valence-electron chi connectivity index (χ2n) is 6.75. The molecule has 7 heteroatoms. The zero-order chi connectivity index (χ0) is 20.1. The fourth-order valence-electron chi connectivity index (χ4n) is 2.96. The van der Waals surface area contributed by atoms with Gasteiger partial charge in [-0.25, -0.2) is 0 Å². The summed E-state index contributed by atoms with van der Waals surface area (Å²) in [5, 5.41) is 2.78. The van der Waals surface area contributed by atoms with Gasteiger partial charge in [0.25, 0.3) is 11.8 Å². The summed E-state index contributed by atoms with van der Waals surface area (Å²) in [5.74, 6) is -0.460. The standard InChI is InChI=1S/C21H23N3O4/c1-15(25)28-19-5-3-4-17(14-19)20(26)22-18-8-6-16(7-9-18)21(27)24-12-10-23(2)11-13-24/h3-9,14H,10-13H2,1-2H3,(H,22,26). The molecule has 28 heavy (non-hydrogen) atoms. The Bertz CT molecular complexity index is 871. The predicted octanol–water partition coefficient (Wildman–Crippen LogP) is 2.25. The molecule has 1 saturated heterocycles. The molecule has 7 nitrogen and oxygen atoms in total. The molecule has 1 aliphatic rings. The third kappa shape index (κ3) is 4.95. The summed E-state index contributed by atoms with van der Waals surface area (Å²) in [6.07, 6.45) is 0. The number of carbonyl (C=O) groups excluding carboxylic acids is 3. The van der Waals surface area contributed by atoms with Crippen LogP contribution in [0.2, 0.25) is 0 Å². The molecule has 2 aromatic carbocycles. The lowest BCUT2D eigenvalue weighted by Gasteiger charge is -2.32. The first kappa shape index (κ1) is 19.6. The number of carbonyl (C=O) groups is 3. The number of amides is 2. The molecule has 0 saturated carbocycles. The first-order valence-corrected chi connectivity index (χ1v) is 9.10. The van der Waals surface area contributed by atoms with Gasteiger partial charge in [0.05, 0.1) is 0 Å². The lowest BCUT2D eigenvalue weighted by molar-refractivity contribution is -0.131. The van der Waals surface area contributed by atoms with Crippen LogP contribution >= 0.6 is 0 Å². The summed E-state index contributed by atoms with van der Waals surface area (Å²) < 4.78 is 5.00. The summed E-state index contributed by atoms with van der Waals surface area (Å²) in [6, 6.07) is 13.2. The molecule has 0 bridgehead atoms. The Morgan fingerprint density at radius 2 is 1.61 bits per heavy atom. The van der Waals surface area contributed by atoms with Crippen LogP contribution in [0.25, 0.3) is 0 Å². The van der Waals surface area contributed by atoms with Gasteiger partial charge >= 0.3 is 5.97 Å². The topological polar surface area (TPSA) is 78.9 Å². The van der Waals surface area contributed by atoms with Crippen molar-refractivity contribution < 1.29 is 19.1 Å². The van der Waals surface area contributed by atoms with Crippen LogP contribution in [0.15, 0.2) is 48.5 Å². The molecular formula is C21H23N3O4. The number of nitrogens with one attached hydrogen (secondary N) is 1. The number of hydrogen-bond acceptors (Lipinski definition) is 5. The lowest BCUT2D eigenvalue weighted by Crippen LogP contribution is -2.47. The van der Waals surface area contributed by atoms with Crippen LogP contribution in [0.5, 0.6) is 5.75 Å². The van der Waals surface area contributed by atoms with Crippen LogP contribution in [0.3, 0.4) is 0 Å². The van der Waals surface area contributed by atoms with E-state index in [9.17, 15) is 14.4 Å². The summed E-state index contributed by atoms with van der Waals surface area (Å²) >= 11 is 0. The van der Waals surface area contributed by atoms with E-state index < -0.39 is 5.97 Å². The number of ether oxygens (including phenoxy) is 1. The number of piperazine rings is 1. The van der Waals surface area contributed by atoms with Gasteiger partial charge in [0.1, 0.15) is 5.75 Å². The van der Waals surface area contributed by atoms with E-state index in [0.29, 0.717) is 35.7 Å². The van der Waals surface area contributed by atoms with Crippen LogP contribution in [0.1, 0.15) is 27.6 Å². The molecule has 146 valence electrons. The first-order chi connectivity index (χ1) is 13.4. The quantitative estimate of drug-likeness (QED) is 0.649. The summed E-state index contributed by atoms with van der Waals surface area (Å²) in [5.41, 5.74) is 1.55. The number of hydrogen-bond donors (Lipinski definition) is 1. The smallest absolute Gasteiger partial charge is 0.308 e. The third-order valence-electron chi connectivity index (χ3n) is 4.54. The average Bonchev–Trinajstić information content (AvgIpc) is 2.68. The molecule has 0 aromatic heterocycles. The zero-order valence-electron chi connectivity index (χ0n) is 16.0. The van der Waals surface area contributed by atoms with E-state index >= 15 is 0 Å². The second-order valence-corrected chi connectivity index (χ2v) is 6.75. The van der Waals surface area contributed by atoms with Crippen molar-refractivity contribution in [1.82, 2.24) is 9.80 Å². The van der Waals surface area contributed by atoms with Crippen molar-refractivity contribution in [3.8, 4) is 5.75 Å². The van der Waals surface area contributed by atoms with Gasteiger partial charge in [0.15, 0.2) is 0 Å². The van der Waals surface area contributed by atoms with E-state index in [1.165, 1.54) is 13.0 Å². The minimum atomic E-state index is -0.446. The van der Waals surface area contributed by atoms with E-state index in [-0.39, 0.29) is 11.8 Å². The summed E-state index contributed by atoms with van der Waals surface area (Å²) in [4.78, 5) is 40.1. The zero-order valence-corrected chi connectivity index (χ0v) is 16.0. The normalized spacial score (nSPS) is 14.4. The molecule has 1 N–H and O–H groups in total. The molecule has 1 aliphatic heterocycles. The van der Waals surface area contributed by atoms with Crippen molar-refractivity contribution in [3.63, 3.8) is 0 Å². The molecule has 3 rings (SSSR count). The Balaban J connectivity index is 1.63. The monoisotopic (exact) mass is 381 g/mol. The van der Waals surface area contributed by atoms with Gasteiger partial charge in [0.2, 0.25) is 0 Å². The Labute approximate surface area is 163 Å². The van der Waals surface area contributed by atoms with Gasteiger partial charge in [-0.3, -0.25) is 14.4 Å². The lowest BCUT2D eigenvalue weighted by atomic mass is 10.1. The van der Waals surface area contributed by atoms with Crippen LogP contribution in [0, 0.1) is 0 Å². The molecule has 0 spiro atoms. The van der Waals surface area contributed by atoms with Crippen molar-refractivity contribution in [2.45, 2.75) is 6.92 Å². The Kier molecular flexibility index (Phi) is 6.06. The minimum absolute atomic E-state index is 0.0000549. The minimum Gasteiger partial charge on any atom is -0.427 e. The van der Waals surface area contributed by atoms with Gasteiger partial charge in [-0.1, -0.05) is 6.07 Å². The number of benzene rings is 2. The number of esters is 1. The predicted molar refractivity (Wildman–Crippen MR) is 106 cm³/mol. The van der Waals surface area contributed by atoms with Gasteiger partial charge in [-0.2, -0.15) is 0 Å². The Morgan fingerprint density at radius 3 is 2.25 bits per heavy atom. The Morgan fingerprint density at radius 1 is 0.929 bits per heavy atom. The molecule has 1 heterocycles. The maximum Gasteiger partial charge on any atom is 0.308 e. The van der Waals surface area contributed by atoms with Crippen LogP contribution in [-0.2, 0) is 4.79 Å². The number of anilines is 1. The molecule has 0 radical (unpaired) electrons. The fraction of sp³-hybridized carbons (Fsp3) is 0.286. The van der Waals surface area contributed by atoms with Crippen molar-refractivity contribution >= 4 is 23.5 Å². The van der Waals surface area contributed by atoms with Gasteiger partial charge in [-0.05, 0) is 49.5 Å². The van der Waals surface area contributed by atoms with Gasteiger partial charge in [-0.15, -0.1) is 0 Å². The van der Waals surface area contributed by atoms with Crippen LogP contribution < -0.4 is 10.1 Å². The van der Waals surface area contributed by atoms with E-state index in [0.717, 1.165) is 13.1 Å².